The number of nitrogens with two attached hydrogens (primary N) is 1. The minimum Gasteiger partial charge on any atom is -0.462 e. The van der Waals surface area contributed by atoms with Gasteiger partial charge in [-0.2, -0.15) is 0 Å². The number of aryl methyl sites for hydroxylation is 1. The molecule has 0 unspecified atom stereocenters. The van der Waals surface area contributed by atoms with Crippen LogP contribution in [0.2, 0.25) is 0 Å². The average Bonchev–Trinajstić information content (AvgIpc) is 2.68. The third-order valence-electron chi connectivity index (χ3n) is 4.87. The van der Waals surface area contributed by atoms with Gasteiger partial charge in [0.15, 0.2) is 0 Å². The van der Waals surface area contributed by atoms with Gasteiger partial charge in [-0.1, -0.05) is 42.0 Å². The molecule has 0 bridgehead atoms. The van der Waals surface area contributed by atoms with E-state index in [2.05, 4.69) is 4.98 Å². The molecule has 0 saturated heterocycles. The SMILES string of the molecule is CCOC(=O)C1=C(N)Oc2c(c(=O)[nH]c3ccccc23)[C@@H]1c1ccc(C)cc1. The summed E-state index contributed by atoms with van der Waals surface area (Å²) in [6.45, 7) is 3.88. The number of benzene rings is 2. The summed E-state index contributed by atoms with van der Waals surface area (Å²) in [5.41, 5.74) is 8.80. The number of H-pyrrole nitrogens is 1. The fourth-order valence-corrected chi connectivity index (χ4v) is 3.57. The maximum Gasteiger partial charge on any atom is 0.340 e. The quantitative estimate of drug-likeness (QED) is 0.685. The smallest absolute Gasteiger partial charge is 0.340 e. The Labute approximate surface area is 161 Å². The van der Waals surface area contributed by atoms with Gasteiger partial charge in [0.1, 0.15) is 11.3 Å². The molecule has 1 aliphatic heterocycles. The van der Waals surface area contributed by atoms with E-state index >= 15 is 0 Å². The monoisotopic (exact) mass is 376 g/mol. The van der Waals surface area contributed by atoms with E-state index in [-0.39, 0.29) is 23.6 Å². The van der Waals surface area contributed by atoms with Crippen LogP contribution in [0.25, 0.3) is 10.9 Å². The van der Waals surface area contributed by atoms with Crippen LogP contribution in [-0.4, -0.2) is 17.6 Å². The van der Waals surface area contributed by atoms with Crippen LogP contribution in [-0.2, 0) is 9.53 Å². The van der Waals surface area contributed by atoms with E-state index in [4.69, 9.17) is 15.2 Å². The van der Waals surface area contributed by atoms with Crippen LogP contribution in [0.15, 0.2) is 64.8 Å². The van der Waals surface area contributed by atoms with E-state index in [1.165, 1.54) is 0 Å². The van der Waals surface area contributed by atoms with Crippen molar-refractivity contribution < 1.29 is 14.3 Å². The highest BCUT2D eigenvalue weighted by molar-refractivity contribution is 5.95. The van der Waals surface area contributed by atoms with Crippen molar-refractivity contribution in [1.29, 1.82) is 0 Å². The highest BCUT2D eigenvalue weighted by atomic mass is 16.5. The van der Waals surface area contributed by atoms with Crippen LogP contribution >= 0.6 is 0 Å². The van der Waals surface area contributed by atoms with E-state index in [0.29, 0.717) is 16.8 Å². The molecule has 28 heavy (non-hydrogen) atoms. The van der Waals surface area contributed by atoms with E-state index < -0.39 is 11.9 Å². The molecule has 0 amide bonds. The van der Waals surface area contributed by atoms with Gasteiger partial charge in [0.2, 0.25) is 5.88 Å². The van der Waals surface area contributed by atoms with Gasteiger partial charge >= 0.3 is 5.97 Å². The number of fused-ring (bicyclic) bond motifs is 3. The van der Waals surface area contributed by atoms with Crippen LogP contribution in [0, 0.1) is 6.92 Å². The predicted octanol–water partition coefficient (Wildman–Crippen LogP) is 3.09. The Balaban J connectivity index is 2.03. The number of ether oxygens (including phenoxy) is 2. The van der Waals surface area contributed by atoms with Crippen LogP contribution < -0.4 is 16.0 Å². The number of carbonyl (C=O) groups is 1. The minimum absolute atomic E-state index is 0.0488. The molecule has 2 heterocycles. The van der Waals surface area contributed by atoms with Crippen molar-refractivity contribution in [1.82, 2.24) is 4.98 Å². The van der Waals surface area contributed by atoms with Crippen molar-refractivity contribution in [3.63, 3.8) is 0 Å². The van der Waals surface area contributed by atoms with Crippen molar-refractivity contribution in [2.24, 2.45) is 5.73 Å². The number of rotatable bonds is 3. The molecule has 0 radical (unpaired) electrons. The number of carbonyl (C=O) groups excluding carboxylic acids is 1. The first-order chi connectivity index (χ1) is 13.5. The van der Waals surface area contributed by atoms with Crippen molar-refractivity contribution in [3.8, 4) is 5.75 Å². The van der Waals surface area contributed by atoms with Crippen molar-refractivity contribution in [2.75, 3.05) is 6.61 Å². The summed E-state index contributed by atoms with van der Waals surface area (Å²) in [5.74, 6) is -0.955. The number of pyridine rings is 1. The molecular weight excluding hydrogens is 356 g/mol. The molecule has 2 aromatic carbocycles. The Morgan fingerprint density at radius 2 is 1.89 bits per heavy atom. The Morgan fingerprint density at radius 1 is 1.18 bits per heavy atom. The molecule has 1 atom stereocenters. The van der Waals surface area contributed by atoms with Gasteiger partial charge in [-0.25, -0.2) is 4.79 Å². The maximum absolute atomic E-state index is 13.0. The molecule has 4 rings (SSSR count). The molecule has 3 aromatic rings. The number of aromatic amines is 1. The van der Waals surface area contributed by atoms with Crippen LogP contribution in [0.5, 0.6) is 5.75 Å². The topological polar surface area (TPSA) is 94.4 Å². The van der Waals surface area contributed by atoms with Crippen LogP contribution in [0.1, 0.15) is 29.5 Å². The molecule has 0 fully saturated rings. The Kier molecular flexibility index (Phi) is 4.39. The van der Waals surface area contributed by atoms with Gasteiger partial charge in [0.05, 0.1) is 23.6 Å². The summed E-state index contributed by atoms with van der Waals surface area (Å²) >= 11 is 0. The number of aromatic nitrogens is 1. The zero-order chi connectivity index (χ0) is 19.8. The first-order valence-electron chi connectivity index (χ1n) is 9.07. The van der Waals surface area contributed by atoms with Gasteiger partial charge in [0, 0.05) is 5.39 Å². The Hall–Kier alpha value is -3.54. The third kappa shape index (κ3) is 2.83. The van der Waals surface area contributed by atoms with Crippen molar-refractivity contribution >= 4 is 16.9 Å². The summed E-state index contributed by atoms with van der Waals surface area (Å²) in [4.78, 5) is 28.6. The predicted molar refractivity (Wildman–Crippen MR) is 106 cm³/mol. The first kappa shape index (κ1) is 17.9. The Bertz CT molecular complexity index is 1160. The lowest BCUT2D eigenvalue weighted by Gasteiger charge is -2.28. The van der Waals surface area contributed by atoms with Crippen molar-refractivity contribution in [3.05, 3.63) is 87.0 Å². The number of nitrogens with one attached hydrogen (secondary N) is 1. The molecule has 0 saturated carbocycles. The second-order valence-corrected chi connectivity index (χ2v) is 6.69. The van der Waals surface area contributed by atoms with E-state index in [1.807, 2.05) is 49.4 Å². The van der Waals surface area contributed by atoms with E-state index in [9.17, 15) is 9.59 Å². The largest absolute Gasteiger partial charge is 0.462 e. The van der Waals surface area contributed by atoms with Crippen LogP contribution in [0.3, 0.4) is 0 Å². The standard InChI is InChI=1S/C22H20N2O4/c1-3-27-22(26)18-16(13-10-8-12(2)9-11-13)17-19(28-20(18)23)14-6-4-5-7-15(14)24-21(17)25/h4-11,16H,3,23H2,1-2H3,(H,24,25)/t16-/m0/s1. The van der Waals surface area contributed by atoms with Crippen LogP contribution in [0.4, 0.5) is 0 Å². The Morgan fingerprint density at radius 3 is 2.61 bits per heavy atom. The average molecular weight is 376 g/mol. The van der Waals surface area contributed by atoms with Crippen molar-refractivity contribution in [2.45, 2.75) is 19.8 Å². The maximum atomic E-state index is 13.0. The second-order valence-electron chi connectivity index (χ2n) is 6.69. The second kappa shape index (κ2) is 6.88. The summed E-state index contributed by atoms with van der Waals surface area (Å²) in [5, 5.41) is 0.722. The number of para-hydroxylation sites is 1. The summed E-state index contributed by atoms with van der Waals surface area (Å²) in [6, 6.07) is 14.9. The molecule has 1 aromatic heterocycles. The summed E-state index contributed by atoms with van der Waals surface area (Å²) in [7, 11) is 0. The summed E-state index contributed by atoms with van der Waals surface area (Å²) < 4.78 is 11.0. The number of esters is 1. The molecular formula is C22H20N2O4. The van der Waals surface area contributed by atoms with Gasteiger partial charge in [0.25, 0.3) is 5.56 Å². The molecule has 142 valence electrons. The molecule has 0 aliphatic carbocycles. The molecule has 0 spiro atoms. The molecule has 3 N–H and O–H groups in total. The van der Waals surface area contributed by atoms with Gasteiger partial charge in [-0.3, -0.25) is 4.79 Å². The lowest BCUT2D eigenvalue weighted by molar-refractivity contribution is -0.139. The molecule has 6 heteroatoms. The summed E-state index contributed by atoms with van der Waals surface area (Å²) in [6.07, 6.45) is 0. The fraction of sp³-hybridized carbons (Fsp3) is 0.182. The lowest BCUT2D eigenvalue weighted by atomic mass is 9.82. The molecule has 1 aliphatic rings. The van der Waals surface area contributed by atoms with Gasteiger partial charge < -0.3 is 20.2 Å². The van der Waals surface area contributed by atoms with Gasteiger partial charge in [-0.05, 0) is 31.5 Å². The van der Waals surface area contributed by atoms with E-state index in [1.54, 1.807) is 13.0 Å². The van der Waals surface area contributed by atoms with Gasteiger partial charge in [-0.15, -0.1) is 0 Å². The zero-order valence-corrected chi connectivity index (χ0v) is 15.6. The lowest BCUT2D eigenvalue weighted by Crippen LogP contribution is -2.32. The number of hydrogen-bond donors (Lipinski definition) is 2. The first-order valence-corrected chi connectivity index (χ1v) is 9.07. The number of hydrogen-bond acceptors (Lipinski definition) is 5. The van der Waals surface area contributed by atoms with E-state index in [0.717, 1.165) is 16.5 Å². The molecule has 6 nitrogen and oxygen atoms in total. The third-order valence-corrected chi connectivity index (χ3v) is 4.87. The highest BCUT2D eigenvalue weighted by Crippen LogP contribution is 2.43. The highest BCUT2D eigenvalue weighted by Gasteiger charge is 2.38. The normalized spacial score (nSPS) is 15.9. The minimum atomic E-state index is -0.684. The zero-order valence-electron chi connectivity index (χ0n) is 15.6. The fourth-order valence-electron chi connectivity index (χ4n) is 3.57.